The first-order chi connectivity index (χ1) is 17.3. The van der Waals surface area contributed by atoms with E-state index in [9.17, 15) is 13.9 Å². The summed E-state index contributed by atoms with van der Waals surface area (Å²) in [5, 5.41) is 13.2. The number of nitrogens with one attached hydrogen (secondary N) is 1. The van der Waals surface area contributed by atoms with Crippen LogP contribution in [-0.2, 0) is 6.42 Å². The third-order valence-electron chi connectivity index (χ3n) is 7.10. The first-order valence-electron chi connectivity index (χ1n) is 12.2. The summed E-state index contributed by atoms with van der Waals surface area (Å²) >= 11 is 0. The molecule has 3 aromatic rings. The molecule has 5 rings (SSSR count). The number of phenolic OH excluding ortho intramolecular Hbond substituents is 1. The fourth-order valence-corrected chi connectivity index (χ4v) is 5.46. The minimum Gasteiger partial charge on any atom is -0.508 e. The summed E-state index contributed by atoms with van der Waals surface area (Å²) in [6.07, 6.45) is 1.04. The molecular formula is C28H29F4N3O. The number of aromatic hydroxyl groups is 1. The molecule has 2 N–H and O–H groups in total. The monoisotopic (exact) mass is 499 g/mol. The van der Waals surface area contributed by atoms with E-state index in [4.69, 9.17) is 0 Å². The molecule has 2 aliphatic heterocycles. The van der Waals surface area contributed by atoms with Gasteiger partial charge in [-0.15, -0.1) is 0 Å². The van der Waals surface area contributed by atoms with E-state index in [1.165, 1.54) is 30.3 Å². The third-order valence-corrected chi connectivity index (χ3v) is 7.10. The molecule has 0 saturated carbocycles. The number of likely N-dealkylation sites (tertiary alicyclic amines) is 1. The number of hydrogen-bond donors (Lipinski definition) is 2. The highest BCUT2D eigenvalue weighted by molar-refractivity contribution is 5.60. The van der Waals surface area contributed by atoms with Crippen LogP contribution < -0.4 is 10.2 Å². The second kappa shape index (κ2) is 10.0. The van der Waals surface area contributed by atoms with Crippen LogP contribution in [0.3, 0.4) is 0 Å². The summed E-state index contributed by atoms with van der Waals surface area (Å²) in [6, 6.07) is 12.4. The lowest BCUT2D eigenvalue weighted by Crippen LogP contribution is -2.54. The van der Waals surface area contributed by atoms with Gasteiger partial charge in [0.25, 0.3) is 0 Å². The van der Waals surface area contributed by atoms with Gasteiger partial charge >= 0.3 is 0 Å². The Bertz CT molecular complexity index is 1210. The van der Waals surface area contributed by atoms with Crippen molar-refractivity contribution in [3.05, 3.63) is 88.7 Å². The van der Waals surface area contributed by atoms with Gasteiger partial charge in [0.15, 0.2) is 0 Å². The average Bonchev–Trinajstić information content (AvgIpc) is 2.80. The van der Waals surface area contributed by atoms with Gasteiger partial charge in [-0.05, 0) is 79.4 Å². The highest BCUT2D eigenvalue weighted by atomic mass is 19.1. The van der Waals surface area contributed by atoms with Crippen LogP contribution in [0.25, 0.3) is 0 Å². The molecule has 0 bridgehead atoms. The molecule has 0 amide bonds. The Morgan fingerprint density at radius 1 is 0.972 bits per heavy atom. The van der Waals surface area contributed by atoms with Gasteiger partial charge in [-0.25, -0.2) is 13.2 Å². The summed E-state index contributed by atoms with van der Waals surface area (Å²) in [5.41, 5.74) is 2.41. The predicted octanol–water partition coefficient (Wildman–Crippen LogP) is 5.81. The van der Waals surface area contributed by atoms with Crippen LogP contribution in [0.1, 0.15) is 36.1 Å². The number of phenols is 1. The van der Waals surface area contributed by atoms with E-state index in [0.29, 0.717) is 49.4 Å². The van der Waals surface area contributed by atoms with Crippen LogP contribution in [0, 0.1) is 17.5 Å². The summed E-state index contributed by atoms with van der Waals surface area (Å²) in [7, 11) is 0. The van der Waals surface area contributed by atoms with Gasteiger partial charge in [-0.3, -0.25) is 9.29 Å². The predicted molar refractivity (Wildman–Crippen MR) is 133 cm³/mol. The van der Waals surface area contributed by atoms with Crippen molar-refractivity contribution < 1.29 is 22.7 Å². The molecule has 8 heteroatoms. The Kier molecular flexibility index (Phi) is 6.79. The van der Waals surface area contributed by atoms with Crippen LogP contribution in [0.5, 0.6) is 5.75 Å². The summed E-state index contributed by atoms with van der Waals surface area (Å²) in [5.74, 6) is -1.67. The van der Waals surface area contributed by atoms with Gasteiger partial charge in [0.1, 0.15) is 23.2 Å². The van der Waals surface area contributed by atoms with E-state index in [1.807, 2.05) is 11.8 Å². The number of nitrogens with zero attached hydrogens (tertiary/aromatic N) is 2. The van der Waals surface area contributed by atoms with Crippen molar-refractivity contribution in [3.63, 3.8) is 0 Å². The van der Waals surface area contributed by atoms with Crippen LogP contribution in [0.15, 0.2) is 54.6 Å². The topological polar surface area (TPSA) is 38.7 Å². The highest BCUT2D eigenvalue weighted by Crippen LogP contribution is 2.44. The SMILES string of the molecule is CC1Cc2cc(O)ccc2[C@H](c2c(F)cc(NC3CN(CCCF)C3)cc2F)N1c1ccc(F)cc1. The Hall–Kier alpha value is -3.26. The summed E-state index contributed by atoms with van der Waals surface area (Å²) in [4.78, 5) is 4.00. The van der Waals surface area contributed by atoms with Crippen molar-refractivity contribution in [2.24, 2.45) is 0 Å². The van der Waals surface area contributed by atoms with E-state index in [1.54, 1.807) is 24.3 Å². The van der Waals surface area contributed by atoms with Crippen molar-refractivity contribution >= 4 is 11.4 Å². The largest absolute Gasteiger partial charge is 0.508 e. The zero-order chi connectivity index (χ0) is 25.4. The van der Waals surface area contributed by atoms with Crippen molar-refractivity contribution in [1.29, 1.82) is 0 Å². The van der Waals surface area contributed by atoms with E-state index in [-0.39, 0.29) is 30.1 Å². The maximum Gasteiger partial charge on any atom is 0.133 e. The molecule has 0 aromatic heterocycles. The lowest BCUT2D eigenvalue weighted by atomic mass is 9.84. The minimum absolute atomic E-state index is 0.0448. The fraction of sp³-hybridized carbons (Fsp3) is 0.357. The smallest absolute Gasteiger partial charge is 0.133 e. The van der Waals surface area contributed by atoms with Gasteiger partial charge in [0.2, 0.25) is 0 Å². The molecule has 1 unspecified atom stereocenters. The Balaban J connectivity index is 1.49. The summed E-state index contributed by atoms with van der Waals surface area (Å²) < 4.78 is 57.4. The quantitative estimate of drug-likeness (QED) is 0.403. The van der Waals surface area contributed by atoms with Crippen molar-refractivity contribution in [1.82, 2.24) is 4.90 Å². The van der Waals surface area contributed by atoms with E-state index < -0.39 is 23.5 Å². The van der Waals surface area contributed by atoms with Crippen LogP contribution in [0.2, 0.25) is 0 Å². The molecule has 1 saturated heterocycles. The number of hydrogen-bond acceptors (Lipinski definition) is 4. The Morgan fingerprint density at radius 2 is 1.67 bits per heavy atom. The molecular weight excluding hydrogens is 470 g/mol. The van der Waals surface area contributed by atoms with E-state index >= 15 is 8.78 Å². The van der Waals surface area contributed by atoms with E-state index in [0.717, 1.165) is 5.56 Å². The number of benzene rings is 3. The van der Waals surface area contributed by atoms with Gasteiger partial charge < -0.3 is 15.3 Å². The first-order valence-corrected chi connectivity index (χ1v) is 12.2. The standard InChI is InChI=1S/C28H29F4N3O/c1-17-11-18-12-23(36)7-8-24(18)28(35(17)22-5-3-19(30)4-6-22)27-25(31)13-20(14-26(27)32)33-21-15-34(16-21)10-2-9-29/h3-8,12-14,17,21,28,33,36H,2,9-11,15-16H2,1H3/t17?,28-/m1/s1. The van der Waals surface area contributed by atoms with Gasteiger partial charge in [0, 0.05) is 37.1 Å². The fourth-order valence-electron chi connectivity index (χ4n) is 5.46. The first kappa shape index (κ1) is 24.4. The van der Waals surface area contributed by atoms with Gasteiger partial charge in [-0.2, -0.15) is 0 Å². The molecule has 0 spiro atoms. The second-order valence-corrected chi connectivity index (χ2v) is 9.72. The molecule has 36 heavy (non-hydrogen) atoms. The van der Waals surface area contributed by atoms with Crippen molar-refractivity contribution in [2.75, 3.05) is 36.5 Å². The maximum absolute atomic E-state index is 15.7. The van der Waals surface area contributed by atoms with Crippen molar-refractivity contribution in [2.45, 2.75) is 37.9 Å². The number of fused-ring (bicyclic) bond motifs is 1. The maximum atomic E-state index is 15.7. The molecule has 2 heterocycles. The molecule has 1 fully saturated rings. The normalized spacial score (nSPS) is 20.2. The molecule has 0 radical (unpaired) electrons. The van der Waals surface area contributed by atoms with Crippen LogP contribution >= 0.6 is 0 Å². The van der Waals surface area contributed by atoms with Crippen LogP contribution in [-0.4, -0.2) is 48.4 Å². The number of halogens is 4. The molecule has 2 aliphatic rings. The third kappa shape index (κ3) is 4.74. The molecule has 4 nitrogen and oxygen atoms in total. The highest BCUT2D eigenvalue weighted by Gasteiger charge is 2.37. The summed E-state index contributed by atoms with van der Waals surface area (Å²) in [6.45, 7) is 3.65. The second-order valence-electron chi connectivity index (χ2n) is 9.72. The minimum atomic E-state index is -0.802. The van der Waals surface area contributed by atoms with Crippen molar-refractivity contribution in [3.8, 4) is 5.75 Å². The molecule has 2 atom stereocenters. The van der Waals surface area contributed by atoms with Crippen LogP contribution in [0.4, 0.5) is 28.9 Å². The van der Waals surface area contributed by atoms with Gasteiger partial charge in [0.05, 0.1) is 24.3 Å². The Labute approximate surface area is 208 Å². The number of anilines is 2. The number of alkyl halides is 1. The van der Waals surface area contributed by atoms with E-state index in [2.05, 4.69) is 10.2 Å². The molecule has 3 aromatic carbocycles. The molecule has 0 aliphatic carbocycles. The molecule has 190 valence electrons. The Morgan fingerprint density at radius 3 is 2.33 bits per heavy atom. The lowest BCUT2D eigenvalue weighted by Gasteiger charge is -2.44. The zero-order valence-corrected chi connectivity index (χ0v) is 20.0. The lowest BCUT2D eigenvalue weighted by molar-refractivity contribution is 0.155. The number of rotatable bonds is 7. The zero-order valence-electron chi connectivity index (χ0n) is 20.0. The van der Waals surface area contributed by atoms with Gasteiger partial charge in [-0.1, -0.05) is 6.07 Å². The average molecular weight is 500 g/mol.